The van der Waals surface area contributed by atoms with E-state index >= 15 is 0 Å². The summed E-state index contributed by atoms with van der Waals surface area (Å²) in [4.78, 5) is 11.2. The van der Waals surface area contributed by atoms with Crippen molar-refractivity contribution in [2.24, 2.45) is 0 Å². The molecule has 0 saturated heterocycles. The number of carbonyl (C=O) groups is 1. The fourth-order valence-electron chi connectivity index (χ4n) is 1.26. The van der Waals surface area contributed by atoms with Gasteiger partial charge in [0.1, 0.15) is 5.51 Å². The third-order valence-electron chi connectivity index (χ3n) is 2.07. The Labute approximate surface area is 113 Å². The van der Waals surface area contributed by atoms with Gasteiger partial charge in [0.05, 0.1) is 11.1 Å². The molecule has 100 valence electrons. The van der Waals surface area contributed by atoms with Crippen molar-refractivity contribution in [3.8, 4) is 0 Å². The third-order valence-corrected chi connectivity index (χ3v) is 3.93. The van der Waals surface area contributed by atoms with Crippen LogP contribution in [0, 0.1) is 0 Å². The molecule has 1 N–H and O–H groups in total. The predicted molar refractivity (Wildman–Crippen MR) is 62.4 cm³/mol. The van der Waals surface area contributed by atoms with Gasteiger partial charge >= 0.3 is 12.1 Å². The van der Waals surface area contributed by atoms with Crippen molar-refractivity contribution >= 4 is 29.1 Å². The first kappa shape index (κ1) is 13.8. The molecule has 2 rings (SSSR count). The lowest BCUT2D eigenvalue weighted by atomic mass is 10.1. The first-order chi connectivity index (χ1) is 8.88. The standard InChI is InChI=1S/C10H5F3N2O2S2/c11-10(12,13)5-1-2-7(6(3-5)8(16)17)19-9-15-14-4-18-9/h1-4H,(H,16,17). The van der Waals surface area contributed by atoms with Crippen molar-refractivity contribution in [1.82, 2.24) is 10.2 Å². The summed E-state index contributed by atoms with van der Waals surface area (Å²) in [6.07, 6.45) is -4.57. The zero-order chi connectivity index (χ0) is 14.0. The van der Waals surface area contributed by atoms with Crippen LogP contribution in [0.4, 0.5) is 13.2 Å². The Morgan fingerprint density at radius 3 is 2.63 bits per heavy atom. The first-order valence-corrected chi connectivity index (χ1v) is 6.46. The van der Waals surface area contributed by atoms with Gasteiger partial charge in [-0.05, 0) is 18.2 Å². The Bertz CT molecular complexity index is 599. The summed E-state index contributed by atoms with van der Waals surface area (Å²) in [5, 5.41) is 16.2. The summed E-state index contributed by atoms with van der Waals surface area (Å²) in [5.74, 6) is -1.42. The number of rotatable bonds is 3. The van der Waals surface area contributed by atoms with Crippen LogP contribution in [0.5, 0.6) is 0 Å². The molecule has 0 aliphatic rings. The van der Waals surface area contributed by atoms with E-state index < -0.39 is 23.3 Å². The van der Waals surface area contributed by atoms with Gasteiger partial charge in [0.15, 0.2) is 4.34 Å². The lowest BCUT2D eigenvalue weighted by Crippen LogP contribution is -2.08. The molecule has 0 spiro atoms. The van der Waals surface area contributed by atoms with Gasteiger partial charge in [-0.1, -0.05) is 23.1 Å². The summed E-state index contributed by atoms with van der Waals surface area (Å²) in [6.45, 7) is 0. The molecule has 0 radical (unpaired) electrons. The molecule has 0 fully saturated rings. The molecular formula is C10H5F3N2O2S2. The lowest BCUT2D eigenvalue weighted by molar-refractivity contribution is -0.137. The van der Waals surface area contributed by atoms with Crippen molar-refractivity contribution in [1.29, 1.82) is 0 Å². The van der Waals surface area contributed by atoms with Gasteiger partial charge in [-0.3, -0.25) is 0 Å². The highest BCUT2D eigenvalue weighted by Crippen LogP contribution is 2.36. The highest BCUT2D eigenvalue weighted by Gasteiger charge is 2.32. The second kappa shape index (κ2) is 5.17. The Morgan fingerprint density at radius 2 is 2.11 bits per heavy atom. The van der Waals surface area contributed by atoms with Crippen LogP contribution in [0.15, 0.2) is 32.9 Å². The summed E-state index contributed by atoms with van der Waals surface area (Å²) in [5.41, 5.74) is 0.0499. The number of carboxylic acids is 1. The molecule has 0 aliphatic carbocycles. The molecule has 1 aromatic heterocycles. The topological polar surface area (TPSA) is 63.1 Å². The van der Waals surface area contributed by atoms with Crippen LogP contribution in [-0.2, 0) is 6.18 Å². The van der Waals surface area contributed by atoms with Gasteiger partial charge in [0.2, 0.25) is 0 Å². The Balaban J connectivity index is 2.41. The highest BCUT2D eigenvalue weighted by atomic mass is 32.2. The largest absolute Gasteiger partial charge is 0.478 e. The van der Waals surface area contributed by atoms with Gasteiger partial charge in [0, 0.05) is 4.90 Å². The summed E-state index contributed by atoms with van der Waals surface area (Å²) >= 11 is 2.14. The summed E-state index contributed by atoms with van der Waals surface area (Å²) < 4.78 is 38.0. The van der Waals surface area contributed by atoms with Gasteiger partial charge in [0.25, 0.3) is 0 Å². The quantitative estimate of drug-likeness (QED) is 0.941. The van der Waals surface area contributed by atoms with E-state index in [9.17, 15) is 18.0 Å². The fourth-order valence-corrected chi connectivity index (χ4v) is 2.80. The number of aromatic carboxylic acids is 1. The van der Waals surface area contributed by atoms with Crippen LogP contribution in [0.1, 0.15) is 15.9 Å². The number of carboxylic acid groups (broad SMARTS) is 1. The fraction of sp³-hybridized carbons (Fsp3) is 0.100. The van der Waals surface area contributed by atoms with Crippen LogP contribution >= 0.6 is 23.1 Å². The van der Waals surface area contributed by atoms with Crippen molar-refractivity contribution in [3.63, 3.8) is 0 Å². The monoisotopic (exact) mass is 306 g/mol. The minimum absolute atomic E-state index is 0.192. The molecule has 4 nitrogen and oxygen atoms in total. The Hall–Kier alpha value is -1.61. The number of hydrogen-bond donors (Lipinski definition) is 1. The van der Waals surface area contributed by atoms with Crippen LogP contribution < -0.4 is 0 Å². The average Bonchev–Trinajstić information content (AvgIpc) is 2.80. The van der Waals surface area contributed by atoms with Crippen molar-refractivity contribution < 1.29 is 23.1 Å². The minimum atomic E-state index is -4.57. The second-order valence-electron chi connectivity index (χ2n) is 3.32. The number of alkyl halides is 3. The molecular weight excluding hydrogens is 301 g/mol. The number of hydrogen-bond acceptors (Lipinski definition) is 5. The first-order valence-electron chi connectivity index (χ1n) is 4.76. The zero-order valence-electron chi connectivity index (χ0n) is 9.01. The molecule has 1 heterocycles. The maximum atomic E-state index is 12.5. The predicted octanol–water partition coefficient (Wildman–Crippen LogP) is 3.41. The van der Waals surface area contributed by atoms with E-state index in [0.717, 1.165) is 23.9 Å². The number of halogens is 3. The van der Waals surface area contributed by atoms with Gasteiger partial charge < -0.3 is 5.11 Å². The number of aromatic nitrogens is 2. The molecule has 0 bridgehead atoms. The molecule has 19 heavy (non-hydrogen) atoms. The lowest BCUT2D eigenvalue weighted by Gasteiger charge is -2.09. The van der Waals surface area contributed by atoms with Gasteiger partial charge in [-0.2, -0.15) is 13.2 Å². The molecule has 0 atom stereocenters. The molecule has 0 unspecified atom stereocenters. The molecule has 2 aromatic rings. The summed E-state index contributed by atoms with van der Waals surface area (Å²) in [7, 11) is 0. The van der Waals surface area contributed by atoms with Crippen molar-refractivity contribution in [2.45, 2.75) is 15.4 Å². The Morgan fingerprint density at radius 1 is 1.37 bits per heavy atom. The minimum Gasteiger partial charge on any atom is -0.478 e. The smallest absolute Gasteiger partial charge is 0.416 e. The number of benzene rings is 1. The molecule has 9 heteroatoms. The highest BCUT2D eigenvalue weighted by molar-refractivity contribution is 8.01. The maximum absolute atomic E-state index is 12.5. The van der Waals surface area contributed by atoms with Crippen LogP contribution in [-0.4, -0.2) is 21.3 Å². The number of nitrogens with zero attached hydrogens (tertiary/aromatic N) is 2. The van der Waals surface area contributed by atoms with E-state index in [1.165, 1.54) is 16.8 Å². The summed E-state index contributed by atoms with van der Waals surface area (Å²) in [6, 6.07) is 2.58. The molecule has 0 saturated carbocycles. The maximum Gasteiger partial charge on any atom is 0.416 e. The van der Waals surface area contributed by atoms with Crippen molar-refractivity contribution in [3.05, 3.63) is 34.8 Å². The molecule has 0 amide bonds. The van der Waals surface area contributed by atoms with Gasteiger partial charge in [-0.15, -0.1) is 10.2 Å². The SMILES string of the molecule is O=C(O)c1cc(C(F)(F)F)ccc1Sc1nncs1. The third kappa shape index (κ3) is 3.24. The van der Waals surface area contributed by atoms with E-state index in [1.807, 2.05) is 0 Å². The normalized spacial score (nSPS) is 11.5. The zero-order valence-corrected chi connectivity index (χ0v) is 10.6. The van der Waals surface area contributed by atoms with Gasteiger partial charge in [-0.25, -0.2) is 4.79 Å². The van der Waals surface area contributed by atoms with Crippen LogP contribution in [0.25, 0.3) is 0 Å². The van der Waals surface area contributed by atoms with Crippen LogP contribution in [0.2, 0.25) is 0 Å². The molecule has 0 aliphatic heterocycles. The molecule has 1 aromatic carbocycles. The van der Waals surface area contributed by atoms with E-state index in [0.29, 0.717) is 10.4 Å². The Kier molecular flexibility index (Phi) is 3.76. The van der Waals surface area contributed by atoms with E-state index in [1.54, 1.807) is 0 Å². The van der Waals surface area contributed by atoms with Crippen LogP contribution in [0.3, 0.4) is 0 Å². The van der Waals surface area contributed by atoms with E-state index in [4.69, 9.17) is 5.11 Å². The van der Waals surface area contributed by atoms with E-state index in [2.05, 4.69) is 10.2 Å². The average molecular weight is 306 g/mol. The second-order valence-corrected chi connectivity index (χ2v) is 5.44. The van der Waals surface area contributed by atoms with E-state index in [-0.39, 0.29) is 4.90 Å². The van der Waals surface area contributed by atoms with Crippen molar-refractivity contribution in [2.75, 3.05) is 0 Å².